The number of benzene rings is 1. The van der Waals surface area contributed by atoms with Gasteiger partial charge in [0.25, 0.3) is 5.56 Å². The summed E-state index contributed by atoms with van der Waals surface area (Å²) in [6, 6.07) is 4.66. The number of rotatable bonds is 3. The first-order valence-corrected chi connectivity index (χ1v) is 11.7. The Morgan fingerprint density at radius 3 is 2.69 bits per heavy atom. The van der Waals surface area contributed by atoms with E-state index in [9.17, 15) is 28.3 Å². The molecule has 2 aromatic heterocycles. The maximum absolute atomic E-state index is 13.4. The molecular formula is C16H16N5O9PS. The fourth-order valence-corrected chi connectivity index (χ4v) is 5.77. The quantitative estimate of drug-likeness (QED) is 0.287. The second kappa shape index (κ2) is 7.45. The van der Waals surface area contributed by atoms with Crippen LogP contribution < -0.4 is 11.3 Å². The molecule has 2 saturated heterocycles. The van der Waals surface area contributed by atoms with Crippen molar-refractivity contribution >= 4 is 35.6 Å². The fourth-order valence-electron chi connectivity index (χ4n) is 3.60. The van der Waals surface area contributed by atoms with Gasteiger partial charge in [-0.1, -0.05) is 0 Å². The Balaban J connectivity index is 1.73. The van der Waals surface area contributed by atoms with Gasteiger partial charge < -0.3 is 34.6 Å². The molecule has 170 valence electrons. The summed E-state index contributed by atoms with van der Waals surface area (Å²) in [5, 5.41) is 19.7. The van der Waals surface area contributed by atoms with Gasteiger partial charge in [-0.15, -0.1) is 0 Å². The van der Waals surface area contributed by atoms with Crippen molar-refractivity contribution in [3.63, 3.8) is 0 Å². The molecule has 5 atom stereocenters. The summed E-state index contributed by atoms with van der Waals surface area (Å²) in [6.07, 6.45) is -4.72. The lowest BCUT2D eigenvalue weighted by atomic mass is 10.1. The number of aromatic hydroxyl groups is 1. The van der Waals surface area contributed by atoms with Crippen molar-refractivity contribution in [3.05, 3.63) is 34.6 Å². The molecule has 0 aliphatic carbocycles. The molecule has 0 spiro atoms. The van der Waals surface area contributed by atoms with Crippen molar-refractivity contribution in [1.82, 2.24) is 19.5 Å². The van der Waals surface area contributed by atoms with E-state index in [0.717, 1.165) is 16.7 Å². The Kier molecular flexibility index (Phi) is 4.94. The summed E-state index contributed by atoms with van der Waals surface area (Å²) < 4.78 is 43.8. The van der Waals surface area contributed by atoms with Gasteiger partial charge in [0.05, 0.1) is 11.5 Å². The molecule has 32 heavy (non-hydrogen) atoms. The molecular weight excluding hydrogens is 469 g/mol. The van der Waals surface area contributed by atoms with E-state index in [0.29, 0.717) is 0 Å². The van der Waals surface area contributed by atoms with Crippen molar-refractivity contribution in [3.8, 4) is 5.75 Å². The number of imidazole rings is 1. The molecule has 6 N–H and O–H groups in total. The number of nitrogens with two attached hydrogens (primary N) is 1. The lowest BCUT2D eigenvalue weighted by Gasteiger charge is -2.27. The predicted octanol–water partition coefficient (Wildman–Crippen LogP) is -0.867. The number of nitrogen functional groups attached to an aromatic ring is 1. The Labute approximate surface area is 180 Å². The van der Waals surface area contributed by atoms with Crippen LogP contribution >= 0.6 is 8.60 Å². The number of phenolic OH excluding ortho intramolecular Hbond substituents is 1. The van der Waals surface area contributed by atoms with E-state index in [2.05, 4.69) is 15.0 Å². The topological polar surface area (TPSA) is 212 Å². The highest BCUT2D eigenvalue weighted by Crippen LogP contribution is 2.47. The molecule has 0 bridgehead atoms. The maximum Gasteiger partial charge on any atom is 0.330 e. The third-order valence-electron chi connectivity index (χ3n) is 5.05. The molecule has 0 saturated carbocycles. The van der Waals surface area contributed by atoms with Crippen LogP contribution in [-0.2, 0) is 23.6 Å². The minimum absolute atomic E-state index is 0.108. The number of sulfone groups is 1. The first-order valence-electron chi connectivity index (χ1n) is 9.11. The summed E-state index contributed by atoms with van der Waals surface area (Å²) in [4.78, 5) is 32.0. The number of aromatic amines is 1. The van der Waals surface area contributed by atoms with Gasteiger partial charge >= 0.3 is 8.60 Å². The molecule has 1 aromatic carbocycles. The average Bonchev–Trinajstić information content (AvgIpc) is 3.27. The van der Waals surface area contributed by atoms with Gasteiger partial charge in [-0.25, -0.2) is 13.4 Å². The van der Waals surface area contributed by atoms with Crippen LogP contribution in [0.1, 0.15) is 6.23 Å². The summed E-state index contributed by atoms with van der Waals surface area (Å²) in [6.45, 7) is -0.108. The average molecular weight is 485 g/mol. The summed E-state index contributed by atoms with van der Waals surface area (Å²) >= 11 is 0. The van der Waals surface area contributed by atoms with Gasteiger partial charge in [0, 0.05) is 0 Å². The molecule has 16 heteroatoms. The number of aromatic nitrogens is 4. The van der Waals surface area contributed by atoms with Crippen molar-refractivity contribution in [2.45, 2.75) is 34.6 Å². The third-order valence-corrected chi connectivity index (χ3v) is 7.50. The van der Waals surface area contributed by atoms with E-state index in [4.69, 9.17) is 19.5 Å². The second-order valence-corrected chi connectivity index (χ2v) is 9.83. The number of H-pyrrole nitrogens is 1. The fraction of sp³-hybridized carbons (Fsp3) is 0.312. The standard InChI is InChI=1S/C16H16N5O9PS/c17-15-19-12-9(13(24)20-15)18-16(32(26,27)7-3-1-6(22)2-4-7)21(12)14-10(23)11-8(29-14)5-28-31(25)30-11/h1-4,8,10-11,14,22-23,25H,5H2,(H3,17,19,20,24)/t8?,10?,11-,14-,31?/m1/s1. The lowest BCUT2D eigenvalue weighted by Crippen LogP contribution is -2.38. The zero-order valence-electron chi connectivity index (χ0n) is 15.9. The Morgan fingerprint density at radius 1 is 1.25 bits per heavy atom. The highest BCUT2D eigenvalue weighted by molar-refractivity contribution is 7.91. The number of hydrogen-bond donors (Lipinski definition) is 5. The molecule has 3 unspecified atom stereocenters. The molecule has 4 heterocycles. The number of nitrogens with one attached hydrogen (secondary N) is 1. The largest absolute Gasteiger partial charge is 0.508 e. The number of aliphatic hydroxyl groups is 1. The first kappa shape index (κ1) is 21.2. The minimum atomic E-state index is -4.38. The molecule has 2 aliphatic heterocycles. The van der Waals surface area contributed by atoms with Crippen LogP contribution in [0, 0.1) is 0 Å². The van der Waals surface area contributed by atoms with Crippen LogP contribution in [-0.4, -0.2) is 68.0 Å². The highest BCUT2D eigenvalue weighted by Gasteiger charge is 2.51. The van der Waals surface area contributed by atoms with Crippen LogP contribution in [0.25, 0.3) is 11.2 Å². The maximum atomic E-state index is 13.4. The SMILES string of the molecule is Nc1nc2c(nc(S(=O)(=O)c3ccc(O)cc3)n2[C@@H]2OC3COP(O)O[C@H]3C2O)c(=O)[nH]1. The van der Waals surface area contributed by atoms with Crippen molar-refractivity contribution in [2.24, 2.45) is 0 Å². The molecule has 2 fully saturated rings. The molecule has 5 rings (SSSR count). The Bertz CT molecular complexity index is 1360. The number of anilines is 1. The Morgan fingerprint density at radius 2 is 1.97 bits per heavy atom. The number of phenols is 1. The summed E-state index contributed by atoms with van der Waals surface area (Å²) in [5.74, 6) is -0.458. The van der Waals surface area contributed by atoms with E-state index in [1.54, 1.807) is 0 Å². The van der Waals surface area contributed by atoms with Crippen LogP contribution in [0.3, 0.4) is 0 Å². The highest BCUT2D eigenvalue weighted by atomic mass is 32.2. The number of hydrogen-bond acceptors (Lipinski definition) is 12. The van der Waals surface area contributed by atoms with Gasteiger partial charge in [0.15, 0.2) is 17.4 Å². The predicted molar refractivity (Wildman–Crippen MR) is 106 cm³/mol. The third kappa shape index (κ3) is 3.26. The van der Waals surface area contributed by atoms with Gasteiger partial charge in [-0.2, -0.15) is 4.98 Å². The number of aliphatic hydroxyl groups excluding tert-OH is 1. The normalized spacial score (nSPS) is 28.1. The van der Waals surface area contributed by atoms with E-state index in [-0.39, 0.29) is 34.4 Å². The Hall–Kier alpha value is -2.65. The zero-order valence-corrected chi connectivity index (χ0v) is 17.6. The summed E-state index contributed by atoms with van der Waals surface area (Å²) in [5.41, 5.74) is 4.27. The van der Waals surface area contributed by atoms with E-state index >= 15 is 0 Å². The number of fused-ring (bicyclic) bond motifs is 2. The zero-order chi connectivity index (χ0) is 22.8. The second-order valence-electron chi connectivity index (χ2n) is 7.04. The van der Waals surface area contributed by atoms with Gasteiger partial charge in [-0.3, -0.25) is 14.3 Å². The lowest BCUT2D eigenvalue weighted by molar-refractivity contribution is -0.0615. The molecule has 0 amide bonds. The molecule has 14 nitrogen and oxygen atoms in total. The van der Waals surface area contributed by atoms with Crippen LogP contribution in [0.15, 0.2) is 39.1 Å². The van der Waals surface area contributed by atoms with E-state index in [1.807, 2.05) is 0 Å². The van der Waals surface area contributed by atoms with Crippen molar-refractivity contribution < 1.29 is 37.3 Å². The number of nitrogens with zero attached hydrogens (tertiary/aromatic N) is 3. The smallest absolute Gasteiger partial charge is 0.330 e. The summed E-state index contributed by atoms with van der Waals surface area (Å²) in [7, 11) is -6.62. The van der Waals surface area contributed by atoms with E-state index < -0.39 is 53.7 Å². The minimum Gasteiger partial charge on any atom is -0.508 e. The monoisotopic (exact) mass is 485 g/mol. The van der Waals surface area contributed by atoms with Gasteiger partial charge in [0.2, 0.25) is 20.9 Å². The van der Waals surface area contributed by atoms with Crippen molar-refractivity contribution in [1.29, 1.82) is 0 Å². The van der Waals surface area contributed by atoms with Crippen molar-refractivity contribution in [2.75, 3.05) is 12.3 Å². The molecule has 3 aromatic rings. The number of ether oxygens (including phenoxy) is 1. The molecule has 2 aliphatic rings. The first-order chi connectivity index (χ1) is 15.2. The van der Waals surface area contributed by atoms with Gasteiger partial charge in [0.1, 0.15) is 24.1 Å². The van der Waals surface area contributed by atoms with Crippen LogP contribution in [0.2, 0.25) is 0 Å². The van der Waals surface area contributed by atoms with Gasteiger partial charge in [-0.05, 0) is 24.3 Å². The molecule has 0 radical (unpaired) electrons. The van der Waals surface area contributed by atoms with Crippen LogP contribution in [0.5, 0.6) is 5.75 Å². The van der Waals surface area contributed by atoms with Crippen LogP contribution in [0.4, 0.5) is 5.95 Å². The van der Waals surface area contributed by atoms with E-state index in [1.165, 1.54) is 12.1 Å².